The second-order valence-corrected chi connectivity index (χ2v) is 11.5. The summed E-state index contributed by atoms with van der Waals surface area (Å²) in [6, 6.07) is 7.05. The van der Waals surface area contributed by atoms with Crippen LogP contribution in [0.25, 0.3) is 11.4 Å². The molecule has 1 saturated carbocycles. The van der Waals surface area contributed by atoms with Crippen molar-refractivity contribution in [3.05, 3.63) is 30.2 Å². The summed E-state index contributed by atoms with van der Waals surface area (Å²) in [5, 5.41) is 7.13. The topological polar surface area (TPSA) is 109 Å². The highest BCUT2D eigenvalue weighted by molar-refractivity contribution is 7.89. The molecular formula is C24H33N5O4S. The summed E-state index contributed by atoms with van der Waals surface area (Å²) in [5.41, 5.74) is 0.730. The molecule has 2 saturated heterocycles. The third-order valence-corrected chi connectivity index (χ3v) is 9.27. The summed E-state index contributed by atoms with van der Waals surface area (Å²) < 4.78 is 33.1. The highest BCUT2D eigenvalue weighted by Crippen LogP contribution is 2.39. The van der Waals surface area contributed by atoms with Gasteiger partial charge in [-0.3, -0.25) is 9.69 Å². The molecule has 1 aliphatic carbocycles. The van der Waals surface area contributed by atoms with Gasteiger partial charge < -0.3 is 9.84 Å². The minimum atomic E-state index is -3.61. The predicted molar refractivity (Wildman–Crippen MR) is 126 cm³/mol. The normalized spacial score (nSPS) is 22.8. The number of nitrogens with zero attached hydrogens (tertiary/aromatic N) is 4. The second kappa shape index (κ2) is 9.75. The van der Waals surface area contributed by atoms with Crippen LogP contribution in [-0.2, 0) is 14.8 Å². The molecule has 9 nitrogen and oxygen atoms in total. The first-order valence-corrected chi connectivity index (χ1v) is 13.9. The van der Waals surface area contributed by atoms with Gasteiger partial charge in [0.1, 0.15) is 0 Å². The molecule has 3 heterocycles. The first-order chi connectivity index (χ1) is 16.5. The van der Waals surface area contributed by atoms with Crippen molar-refractivity contribution in [3.63, 3.8) is 0 Å². The van der Waals surface area contributed by atoms with E-state index in [1.54, 1.807) is 24.3 Å². The summed E-state index contributed by atoms with van der Waals surface area (Å²) in [4.78, 5) is 19.7. The van der Waals surface area contributed by atoms with Crippen LogP contribution in [0.4, 0.5) is 0 Å². The van der Waals surface area contributed by atoms with E-state index >= 15 is 0 Å². The highest BCUT2D eigenvalue weighted by atomic mass is 32.2. The van der Waals surface area contributed by atoms with Crippen molar-refractivity contribution in [2.24, 2.45) is 5.92 Å². The smallest absolute Gasteiger partial charge is 0.243 e. The Morgan fingerprint density at radius 3 is 2.50 bits per heavy atom. The maximum atomic E-state index is 13.2. The Morgan fingerprint density at radius 1 is 1.09 bits per heavy atom. The summed E-state index contributed by atoms with van der Waals surface area (Å²) >= 11 is 0. The van der Waals surface area contributed by atoms with Crippen LogP contribution in [0.1, 0.15) is 57.3 Å². The molecule has 34 heavy (non-hydrogen) atoms. The maximum absolute atomic E-state index is 13.2. The molecule has 1 aromatic carbocycles. The van der Waals surface area contributed by atoms with Crippen molar-refractivity contribution in [3.8, 4) is 11.4 Å². The molecule has 184 valence electrons. The molecule has 2 aromatic rings. The van der Waals surface area contributed by atoms with Crippen molar-refractivity contribution in [2.45, 2.75) is 62.3 Å². The van der Waals surface area contributed by atoms with E-state index in [1.807, 2.05) is 0 Å². The molecule has 0 spiro atoms. The van der Waals surface area contributed by atoms with Gasteiger partial charge in [-0.15, -0.1) is 0 Å². The van der Waals surface area contributed by atoms with Gasteiger partial charge >= 0.3 is 0 Å². The van der Waals surface area contributed by atoms with Crippen LogP contribution in [0.2, 0.25) is 0 Å². The number of likely N-dealkylation sites (tertiary alicyclic amines) is 1. The Bertz CT molecular complexity index is 1100. The number of benzene rings is 1. The second-order valence-electron chi connectivity index (χ2n) is 9.60. The van der Waals surface area contributed by atoms with E-state index in [2.05, 4.69) is 27.3 Å². The van der Waals surface area contributed by atoms with Gasteiger partial charge in [-0.05, 0) is 75.9 Å². The molecule has 10 heteroatoms. The number of hydrogen-bond donors (Lipinski definition) is 1. The fraction of sp³-hybridized carbons (Fsp3) is 0.625. The number of likely N-dealkylation sites (N-methyl/N-ethyl adjacent to an activating group) is 1. The first kappa shape index (κ1) is 23.4. The fourth-order valence-electron chi connectivity index (χ4n) is 5.04. The Kier molecular flexibility index (Phi) is 6.72. The highest BCUT2D eigenvalue weighted by Gasteiger charge is 2.33. The van der Waals surface area contributed by atoms with Gasteiger partial charge in [0, 0.05) is 43.1 Å². The van der Waals surface area contributed by atoms with E-state index in [4.69, 9.17) is 4.52 Å². The maximum Gasteiger partial charge on any atom is 0.243 e. The summed E-state index contributed by atoms with van der Waals surface area (Å²) in [6.45, 7) is 5.64. The molecule has 3 aliphatic rings. The first-order valence-electron chi connectivity index (χ1n) is 12.4. The quantitative estimate of drug-likeness (QED) is 0.610. The van der Waals surface area contributed by atoms with Crippen LogP contribution in [-0.4, -0.2) is 72.4 Å². The van der Waals surface area contributed by atoms with Crippen LogP contribution < -0.4 is 5.32 Å². The number of nitrogens with one attached hydrogen (secondary N) is 1. The van der Waals surface area contributed by atoms with Gasteiger partial charge in [0.25, 0.3) is 0 Å². The predicted octanol–water partition coefficient (Wildman–Crippen LogP) is 2.62. The van der Waals surface area contributed by atoms with E-state index in [1.165, 1.54) is 10.7 Å². The molecule has 0 radical (unpaired) electrons. The number of piperidine rings is 1. The fourth-order valence-corrected chi connectivity index (χ4v) is 6.51. The number of hydrogen-bond acceptors (Lipinski definition) is 7. The van der Waals surface area contributed by atoms with Gasteiger partial charge in [0.15, 0.2) is 0 Å². The average Bonchev–Trinajstić information content (AvgIpc) is 3.41. The zero-order valence-electron chi connectivity index (χ0n) is 19.6. The molecule has 2 aliphatic heterocycles. The summed E-state index contributed by atoms with van der Waals surface area (Å²) in [7, 11) is -3.61. The largest absolute Gasteiger partial charge is 0.354 e. The molecular weight excluding hydrogens is 454 g/mol. The third kappa shape index (κ3) is 4.89. The van der Waals surface area contributed by atoms with E-state index < -0.39 is 10.0 Å². The zero-order chi connectivity index (χ0) is 23.7. The van der Waals surface area contributed by atoms with Crippen molar-refractivity contribution < 1.29 is 17.7 Å². The minimum absolute atomic E-state index is 0.0510. The average molecular weight is 488 g/mol. The van der Waals surface area contributed by atoms with Crippen molar-refractivity contribution in [1.82, 2.24) is 24.7 Å². The molecule has 1 aromatic heterocycles. The molecule has 5 rings (SSSR count). The Morgan fingerprint density at radius 2 is 1.82 bits per heavy atom. The lowest BCUT2D eigenvalue weighted by molar-refractivity contribution is -0.126. The Balaban J connectivity index is 1.15. The van der Waals surface area contributed by atoms with Gasteiger partial charge in [-0.25, -0.2) is 8.42 Å². The number of carbonyl (C=O) groups is 1. The van der Waals surface area contributed by atoms with Crippen LogP contribution in [0.5, 0.6) is 0 Å². The van der Waals surface area contributed by atoms with Gasteiger partial charge in [-0.2, -0.15) is 9.29 Å². The molecule has 0 bridgehead atoms. The van der Waals surface area contributed by atoms with E-state index in [0.29, 0.717) is 56.2 Å². The SMILES string of the molecule is CCN1CCC[C@H]1CNC(=O)C1CCN(S(=O)(=O)c2ccc(-c3noc(C4CC4)n3)cc2)CC1. The number of carbonyl (C=O) groups excluding carboxylic acids is 1. The molecule has 3 fully saturated rings. The van der Waals surface area contributed by atoms with Gasteiger partial charge in [0.2, 0.25) is 27.6 Å². The van der Waals surface area contributed by atoms with E-state index in [9.17, 15) is 13.2 Å². The number of aromatic nitrogens is 2. The molecule has 1 N–H and O–H groups in total. The standard InChI is InChI=1S/C24H33N5O4S/c1-2-28-13-3-4-20(28)16-25-23(30)18-11-14-29(15-12-18)34(31,32)21-9-7-17(8-10-21)22-26-24(33-27-22)19-5-6-19/h7-10,18-20H,2-6,11-16H2,1H3,(H,25,30)/t20-/m0/s1. The zero-order valence-corrected chi connectivity index (χ0v) is 20.5. The lowest BCUT2D eigenvalue weighted by Crippen LogP contribution is -2.45. The van der Waals surface area contributed by atoms with Crippen LogP contribution in [0.15, 0.2) is 33.7 Å². The molecule has 0 unspecified atom stereocenters. The lowest BCUT2D eigenvalue weighted by Gasteiger charge is -2.31. The van der Waals surface area contributed by atoms with Crippen molar-refractivity contribution in [2.75, 3.05) is 32.7 Å². The number of amides is 1. The lowest BCUT2D eigenvalue weighted by atomic mass is 9.97. The van der Waals surface area contributed by atoms with E-state index in [-0.39, 0.29) is 16.7 Å². The molecule has 1 atom stereocenters. The summed E-state index contributed by atoms with van der Waals surface area (Å²) in [6.07, 6.45) is 5.54. The van der Waals surface area contributed by atoms with Crippen LogP contribution in [0.3, 0.4) is 0 Å². The minimum Gasteiger partial charge on any atom is -0.354 e. The molecule has 1 amide bonds. The third-order valence-electron chi connectivity index (χ3n) is 7.36. The Labute approximate surface area is 200 Å². The van der Waals surface area contributed by atoms with Crippen LogP contribution >= 0.6 is 0 Å². The van der Waals surface area contributed by atoms with Gasteiger partial charge in [0.05, 0.1) is 4.90 Å². The van der Waals surface area contributed by atoms with E-state index in [0.717, 1.165) is 37.9 Å². The Hall–Kier alpha value is -2.30. The van der Waals surface area contributed by atoms with Crippen molar-refractivity contribution in [1.29, 1.82) is 0 Å². The number of rotatable bonds is 8. The van der Waals surface area contributed by atoms with Gasteiger partial charge in [-0.1, -0.05) is 12.1 Å². The monoisotopic (exact) mass is 487 g/mol. The van der Waals surface area contributed by atoms with Crippen molar-refractivity contribution >= 4 is 15.9 Å². The number of sulfonamides is 1. The summed E-state index contributed by atoms with van der Waals surface area (Å²) in [5.74, 6) is 1.43. The van der Waals surface area contributed by atoms with Crippen LogP contribution in [0, 0.1) is 5.92 Å².